The van der Waals surface area contributed by atoms with E-state index in [4.69, 9.17) is 24.7 Å². The third-order valence-electron chi connectivity index (χ3n) is 17.4. The summed E-state index contributed by atoms with van der Waals surface area (Å²) in [7, 11) is 4.07. The molecule has 2 aromatic rings. The number of nitrogens with one attached hydrogen (secondary N) is 5. The van der Waals surface area contributed by atoms with Crippen LogP contribution in [0.25, 0.3) is 0 Å². The molecule has 1 aromatic carbocycles. The number of Topliss-reactive ketones (excluding diaryl/α,β-unsaturated/α-hetero) is 2. The molecule has 29 nitrogen and oxygen atoms in total. The number of aromatic nitrogens is 1. The maximum atomic E-state index is 14.9. The summed E-state index contributed by atoms with van der Waals surface area (Å²) < 4.78 is 10.9. The number of aliphatic hydroxyl groups is 5. The van der Waals surface area contributed by atoms with Crippen molar-refractivity contribution in [2.45, 2.75) is 206 Å². The molecule has 1 unspecified atom stereocenters. The molecule has 13 N–H and O–H groups in total. The van der Waals surface area contributed by atoms with Gasteiger partial charge in [0.2, 0.25) is 23.6 Å². The number of hydrogen-bond acceptors (Lipinski definition) is 24. The number of aromatic hydroxyl groups is 1. The normalized spacial score (nSPS) is 17.3. The number of carboxylic acid groups (broad SMARTS) is 2. The number of thiazole rings is 1. The van der Waals surface area contributed by atoms with Crippen LogP contribution >= 0.6 is 32.9 Å². The second-order valence-electron chi connectivity index (χ2n) is 25.7. The molecule has 552 valence electrons. The standard InChI is InChI=1S/C66H104N8O21S3/c1-10-14-57(84)95-36-74(64(90)46(38(5)11-2)31-52(78)49-15-12-13-24-73(49)9)50(37(3)4)28-41(8)63-70-48(35-96-63)62(89)68-44(29-42-17-19-45(76)20-18-42)27-40(7)61(88)71-72-66(93)94-25-26-97-98-34-43(65(91)92)30-51(77)47(69-60(87)39(6)16-23-56(82)83)21-22-55(81)67-32-53(79)58(85)59(86)54(80)33-75/h17-20,35,37-41,43-44,46-47,49-50,53-54,58-59,75-76,79-80,85-86H,10-16,21-34,36H2,1-9H3,(H,67,81)(H,68,89)(H,69,87)(H,71,88)(H,72,93)(H,82,83)(H,91,92)/t38?,39-,40-,41+,43-,44+,46-,47-,49+,50+,53-,54+,58+,59+/m0/s1. The van der Waals surface area contributed by atoms with E-state index in [2.05, 4.69) is 31.7 Å². The monoisotopic (exact) mass is 1440 g/mol. The summed E-state index contributed by atoms with van der Waals surface area (Å²) in [4.78, 5) is 153. The van der Waals surface area contributed by atoms with Gasteiger partial charge in [-0.3, -0.25) is 58.3 Å². The van der Waals surface area contributed by atoms with Crippen molar-refractivity contribution in [2.24, 2.45) is 35.5 Å². The second kappa shape index (κ2) is 44.6. The van der Waals surface area contributed by atoms with Crippen LogP contribution in [0.1, 0.15) is 172 Å². The van der Waals surface area contributed by atoms with Gasteiger partial charge >= 0.3 is 24.0 Å². The molecule has 1 aromatic heterocycles. The summed E-state index contributed by atoms with van der Waals surface area (Å²) in [6.45, 7) is 13.5. The third-order valence-corrected chi connectivity index (χ3v) is 20.9. The summed E-state index contributed by atoms with van der Waals surface area (Å²) in [5.74, 6) is -10.9. The van der Waals surface area contributed by atoms with E-state index in [0.29, 0.717) is 24.3 Å². The van der Waals surface area contributed by atoms with Crippen LogP contribution in [0.3, 0.4) is 0 Å². The van der Waals surface area contributed by atoms with Gasteiger partial charge in [-0.05, 0) is 94.5 Å². The minimum absolute atomic E-state index is 0.0212. The number of carboxylic acids is 2. The minimum atomic E-state index is -1.97. The van der Waals surface area contributed by atoms with Crippen molar-refractivity contribution in [2.75, 3.05) is 51.6 Å². The fourth-order valence-corrected chi connectivity index (χ4v) is 13.9. The highest BCUT2D eigenvalue weighted by molar-refractivity contribution is 8.76. The lowest BCUT2D eigenvalue weighted by Gasteiger charge is -2.39. The van der Waals surface area contributed by atoms with Crippen molar-refractivity contribution in [3.8, 4) is 5.75 Å². The number of ketones is 2. The maximum Gasteiger partial charge on any atom is 0.426 e. The Hall–Kier alpha value is -6.52. The van der Waals surface area contributed by atoms with E-state index in [-0.39, 0.29) is 117 Å². The van der Waals surface area contributed by atoms with Crippen LogP contribution in [-0.4, -0.2) is 221 Å². The van der Waals surface area contributed by atoms with Crippen LogP contribution < -0.4 is 26.8 Å². The predicted molar refractivity (Wildman–Crippen MR) is 366 cm³/mol. The van der Waals surface area contributed by atoms with Crippen LogP contribution in [0.2, 0.25) is 0 Å². The number of likely N-dealkylation sites (N-methyl/N-ethyl adjacent to an activating group) is 1. The van der Waals surface area contributed by atoms with Crippen molar-refractivity contribution >= 4 is 98.0 Å². The summed E-state index contributed by atoms with van der Waals surface area (Å²) in [6, 6.07) is 3.50. The molecule has 1 aliphatic rings. The zero-order valence-corrected chi connectivity index (χ0v) is 60.0. The van der Waals surface area contributed by atoms with Crippen molar-refractivity contribution in [1.82, 2.24) is 41.6 Å². The fourth-order valence-electron chi connectivity index (χ4n) is 10.9. The lowest BCUT2D eigenvalue weighted by Crippen LogP contribution is -2.50. The molecule has 0 bridgehead atoms. The van der Waals surface area contributed by atoms with E-state index in [1.807, 2.05) is 48.6 Å². The number of piperidine rings is 1. The molecular weight excluding hydrogens is 1340 g/mol. The first-order chi connectivity index (χ1) is 46.3. The summed E-state index contributed by atoms with van der Waals surface area (Å²) in [5.41, 5.74) is 5.34. The highest BCUT2D eigenvalue weighted by Gasteiger charge is 2.40. The molecule has 0 radical (unpaired) electrons. The van der Waals surface area contributed by atoms with E-state index < -0.39 is 146 Å². The molecule has 2 heterocycles. The molecule has 1 aliphatic heterocycles. The molecule has 0 spiro atoms. The molecule has 1 fully saturated rings. The van der Waals surface area contributed by atoms with Crippen molar-refractivity contribution in [3.05, 3.63) is 45.9 Å². The lowest BCUT2D eigenvalue weighted by atomic mass is 9.82. The largest absolute Gasteiger partial charge is 0.508 e. The number of hydrazine groups is 1. The third kappa shape index (κ3) is 30.1. The molecule has 6 amide bonds. The van der Waals surface area contributed by atoms with E-state index in [9.17, 15) is 83.4 Å². The Morgan fingerprint density at radius 2 is 1.48 bits per heavy atom. The number of nitrogens with zero attached hydrogens (tertiary/aromatic N) is 3. The molecule has 98 heavy (non-hydrogen) atoms. The summed E-state index contributed by atoms with van der Waals surface area (Å²) in [5, 5.41) is 87.8. The lowest BCUT2D eigenvalue weighted by molar-refractivity contribution is -0.160. The first-order valence-corrected chi connectivity index (χ1v) is 36.8. The van der Waals surface area contributed by atoms with Gasteiger partial charge in [-0.15, -0.1) is 11.3 Å². The van der Waals surface area contributed by atoms with Gasteiger partial charge in [0.05, 0.1) is 35.7 Å². The number of phenols is 1. The predicted octanol–water partition coefficient (Wildman–Crippen LogP) is 4.09. The van der Waals surface area contributed by atoms with Gasteiger partial charge in [0.15, 0.2) is 18.3 Å². The van der Waals surface area contributed by atoms with E-state index in [0.717, 1.165) is 53.0 Å². The fraction of sp³-hybridized carbons (Fsp3) is 0.697. The van der Waals surface area contributed by atoms with Crippen LogP contribution in [0.4, 0.5) is 4.79 Å². The van der Waals surface area contributed by atoms with Crippen LogP contribution in [0.5, 0.6) is 5.75 Å². The number of amides is 6. The number of ether oxygens (including phenoxy) is 2. The topological polar surface area (TPSA) is 448 Å². The zero-order valence-electron chi connectivity index (χ0n) is 57.6. The van der Waals surface area contributed by atoms with Gasteiger partial charge in [0.1, 0.15) is 36.4 Å². The molecule has 32 heteroatoms. The Kier molecular flexibility index (Phi) is 39.0. The van der Waals surface area contributed by atoms with Crippen LogP contribution in [0.15, 0.2) is 29.6 Å². The number of likely N-dealkylation sites (tertiary alicyclic amines) is 1. The number of esters is 1. The van der Waals surface area contributed by atoms with E-state index in [1.165, 1.54) is 30.4 Å². The average Bonchev–Trinajstić information content (AvgIpc) is 1.08. The highest BCUT2D eigenvalue weighted by atomic mass is 33.1. The highest BCUT2D eigenvalue weighted by Crippen LogP contribution is 2.33. The van der Waals surface area contributed by atoms with Gasteiger partial charge in [-0.25, -0.2) is 15.2 Å². The van der Waals surface area contributed by atoms with Gasteiger partial charge in [-0.1, -0.05) is 102 Å². The summed E-state index contributed by atoms with van der Waals surface area (Å²) in [6.07, 6.45) is -5.66. The zero-order chi connectivity index (χ0) is 73.3. The maximum absolute atomic E-state index is 14.9. The summed E-state index contributed by atoms with van der Waals surface area (Å²) >= 11 is 1.27. The quantitative estimate of drug-likeness (QED) is 0.0146. The second-order valence-corrected chi connectivity index (χ2v) is 29.2. The number of carbonyl (C=O) groups excluding carboxylic acids is 9. The van der Waals surface area contributed by atoms with Gasteiger partial charge < -0.3 is 71.2 Å². The number of aliphatic carboxylic acids is 2. The molecule has 3 rings (SSSR count). The number of phenolic OH excluding ortho intramolecular Hbond substituents is 1. The average molecular weight is 1440 g/mol. The first kappa shape index (κ1) is 85.7. The first-order valence-electron chi connectivity index (χ1n) is 33.4. The number of benzene rings is 1. The van der Waals surface area contributed by atoms with Gasteiger partial charge in [0, 0.05) is 91.3 Å². The Morgan fingerprint density at radius 1 is 0.796 bits per heavy atom. The van der Waals surface area contributed by atoms with E-state index >= 15 is 0 Å². The van der Waals surface area contributed by atoms with Gasteiger partial charge in [0.25, 0.3) is 5.91 Å². The van der Waals surface area contributed by atoms with Crippen molar-refractivity contribution < 1.29 is 103 Å². The smallest absolute Gasteiger partial charge is 0.426 e. The number of carbonyl (C=O) groups is 11. The van der Waals surface area contributed by atoms with Crippen LogP contribution in [0, 0.1) is 35.5 Å². The number of rotatable bonds is 46. The van der Waals surface area contributed by atoms with Gasteiger partial charge in [-0.2, -0.15) is 0 Å². The minimum Gasteiger partial charge on any atom is -0.508 e. The number of hydrogen-bond donors (Lipinski definition) is 13. The molecule has 1 saturated heterocycles. The SMILES string of the molecule is CCCC(=O)OCN(C(=O)[C@@H](CC(=O)[C@H]1CCCCN1C)C(C)CC)[C@H](C[C@@H](C)c1nc(C(=O)N[C@@H](Cc2ccc(O)cc2)C[C@H](C)C(=O)NNC(=O)OCCSSC[C@H](CC(=O)[C@H](CCC(=O)NC[C@H](O)[C@@H](O)[C@H](O)[C@H](O)CO)NC(=O)[C@@H](C)CCC(=O)O)C(=O)O)cs1)C(C)C. The Balaban J connectivity index is 1.63. The van der Waals surface area contributed by atoms with Crippen molar-refractivity contribution in [1.29, 1.82) is 0 Å². The molecular formula is C66H104N8O21S3. The Morgan fingerprint density at radius 3 is 2.10 bits per heavy atom. The van der Waals surface area contributed by atoms with E-state index in [1.54, 1.807) is 29.3 Å². The Bertz CT molecular complexity index is 2890. The molecule has 14 atom stereocenters. The molecule has 0 aliphatic carbocycles. The number of aliphatic hydroxyl groups excluding tert-OH is 5. The van der Waals surface area contributed by atoms with Crippen LogP contribution in [-0.2, 0) is 59.0 Å². The van der Waals surface area contributed by atoms with Crippen molar-refractivity contribution in [3.63, 3.8) is 0 Å². The Labute approximate surface area is 584 Å². The molecule has 0 saturated carbocycles.